The Morgan fingerprint density at radius 1 is 1.08 bits per heavy atom. The molecule has 0 saturated carbocycles. The van der Waals surface area contributed by atoms with Crippen LogP contribution in [0.15, 0.2) is 11.2 Å². The number of hydrogen-bond donors (Lipinski definition) is 0. The van der Waals surface area contributed by atoms with E-state index in [9.17, 15) is 0 Å². The van der Waals surface area contributed by atoms with Gasteiger partial charge in [0.15, 0.2) is 0 Å². The van der Waals surface area contributed by atoms with Crippen LogP contribution in [-0.4, -0.2) is 32.7 Å². The van der Waals surface area contributed by atoms with Crippen molar-refractivity contribution in [2.75, 3.05) is 0 Å². The van der Waals surface area contributed by atoms with Crippen molar-refractivity contribution in [3.05, 3.63) is 11.2 Å². The standard InChI is InChI=1S/C21H39BO3Si/c1-10-11-12-13-14-15-16-19(26(8,9)23-18(2)3)17-22-24-20(4,5)21(6,7)25-22/h17-18H,10-14H2,1-9H3/b19-17-. The van der Waals surface area contributed by atoms with Gasteiger partial charge in [-0.05, 0) is 67.0 Å². The normalized spacial score (nSPS) is 19.6. The molecule has 0 aliphatic carbocycles. The molecule has 0 radical (unpaired) electrons. The first-order valence-corrected chi connectivity index (χ1v) is 13.1. The second kappa shape index (κ2) is 9.59. The van der Waals surface area contributed by atoms with E-state index in [4.69, 9.17) is 13.7 Å². The van der Waals surface area contributed by atoms with Gasteiger partial charge in [-0.15, -0.1) is 0 Å². The predicted octanol–water partition coefficient (Wildman–Crippen LogP) is 5.69. The first-order chi connectivity index (χ1) is 11.9. The minimum Gasteiger partial charge on any atom is -0.410 e. The lowest BCUT2D eigenvalue weighted by atomic mass is 9.90. The SMILES string of the molecule is CCCCCCC#C/C(=C/B1OC(C)(C)C(C)(C)O1)[Si](C)(C)OC(C)C. The van der Waals surface area contributed by atoms with Crippen molar-refractivity contribution in [1.82, 2.24) is 0 Å². The van der Waals surface area contributed by atoms with Gasteiger partial charge in [0.05, 0.1) is 11.2 Å². The summed E-state index contributed by atoms with van der Waals surface area (Å²) in [7, 11) is -2.47. The average Bonchev–Trinajstić information content (AvgIpc) is 2.67. The zero-order chi connectivity index (χ0) is 20.0. The molecule has 3 nitrogen and oxygen atoms in total. The summed E-state index contributed by atoms with van der Waals surface area (Å²) in [5.41, 5.74) is -0.672. The van der Waals surface area contributed by atoms with E-state index in [-0.39, 0.29) is 24.4 Å². The first-order valence-electron chi connectivity index (χ1n) is 10.2. The van der Waals surface area contributed by atoms with E-state index < -0.39 is 8.32 Å². The number of allylic oxidation sites excluding steroid dienone is 1. The van der Waals surface area contributed by atoms with Gasteiger partial charge in [0, 0.05) is 17.7 Å². The van der Waals surface area contributed by atoms with E-state index in [1.165, 1.54) is 19.3 Å². The molecule has 0 aromatic heterocycles. The summed E-state index contributed by atoms with van der Waals surface area (Å²) < 4.78 is 18.6. The van der Waals surface area contributed by atoms with Crippen LogP contribution in [0, 0.1) is 11.8 Å². The maximum atomic E-state index is 6.27. The van der Waals surface area contributed by atoms with Crippen LogP contribution in [0.25, 0.3) is 0 Å². The number of hydrogen-bond acceptors (Lipinski definition) is 3. The van der Waals surface area contributed by atoms with Gasteiger partial charge in [-0.3, -0.25) is 0 Å². The fraction of sp³-hybridized carbons (Fsp3) is 0.810. The summed E-state index contributed by atoms with van der Waals surface area (Å²) in [6.45, 7) is 19.1. The Kier molecular flexibility index (Phi) is 8.67. The Hall–Kier alpha value is -0.538. The predicted molar refractivity (Wildman–Crippen MR) is 114 cm³/mol. The topological polar surface area (TPSA) is 27.7 Å². The van der Waals surface area contributed by atoms with Crippen molar-refractivity contribution >= 4 is 15.4 Å². The molecular formula is C21H39BO3Si. The maximum Gasteiger partial charge on any atom is 0.487 e. The highest BCUT2D eigenvalue weighted by Gasteiger charge is 2.50. The molecule has 0 unspecified atom stereocenters. The lowest BCUT2D eigenvalue weighted by molar-refractivity contribution is 0.00578. The summed E-state index contributed by atoms with van der Waals surface area (Å²) in [4.78, 5) is 0. The van der Waals surface area contributed by atoms with Gasteiger partial charge in [-0.25, -0.2) is 0 Å². The Bertz CT molecular complexity index is 525. The fourth-order valence-corrected chi connectivity index (χ4v) is 5.17. The molecule has 0 N–H and O–H groups in total. The average molecular weight is 378 g/mol. The van der Waals surface area contributed by atoms with Gasteiger partial charge in [0.1, 0.15) is 0 Å². The van der Waals surface area contributed by atoms with E-state index in [2.05, 4.69) is 79.4 Å². The van der Waals surface area contributed by atoms with Crippen molar-refractivity contribution in [2.24, 2.45) is 0 Å². The molecular weight excluding hydrogens is 339 g/mol. The quantitative estimate of drug-likeness (QED) is 0.309. The molecule has 1 rings (SSSR count). The monoisotopic (exact) mass is 378 g/mol. The van der Waals surface area contributed by atoms with Crippen LogP contribution < -0.4 is 0 Å². The number of rotatable bonds is 8. The van der Waals surface area contributed by atoms with Crippen LogP contribution in [-0.2, 0) is 13.7 Å². The summed E-state index contributed by atoms with van der Waals surface area (Å²) >= 11 is 0. The molecule has 0 aromatic carbocycles. The molecule has 1 aliphatic heterocycles. The van der Waals surface area contributed by atoms with E-state index in [0.717, 1.165) is 18.0 Å². The van der Waals surface area contributed by atoms with Gasteiger partial charge in [0.25, 0.3) is 0 Å². The highest BCUT2D eigenvalue weighted by molar-refractivity contribution is 6.80. The highest BCUT2D eigenvalue weighted by atomic mass is 28.4. The molecule has 26 heavy (non-hydrogen) atoms. The molecule has 0 aromatic rings. The fourth-order valence-electron chi connectivity index (χ4n) is 2.94. The molecule has 1 saturated heterocycles. The molecule has 0 bridgehead atoms. The highest BCUT2D eigenvalue weighted by Crippen LogP contribution is 2.37. The maximum absolute atomic E-state index is 6.27. The van der Waals surface area contributed by atoms with Crippen LogP contribution >= 0.6 is 0 Å². The van der Waals surface area contributed by atoms with Crippen LogP contribution in [0.1, 0.15) is 80.6 Å². The van der Waals surface area contributed by atoms with E-state index in [1.807, 2.05) is 0 Å². The van der Waals surface area contributed by atoms with Gasteiger partial charge in [-0.2, -0.15) is 0 Å². The Labute approximate surface area is 163 Å². The molecule has 0 amide bonds. The van der Waals surface area contributed by atoms with E-state index in [1.54, 1.807) is 0 Å². The summed E-state index contributed by atoms with van der Waals surface area (Å²) in [5.74, 6) is 8.84. The zero-order valence-corrected chi connectivity index (χ0v) is 19.5. The first kappa shape index (κ1) is 23.5. The lowest BCUT2D eigenvalue weighted by Crippen LogP contribution is -2.41. The Balaban J connectivity index is 2.96. The van der Waals surface area contributed by atoms with Gasteiger partial charge < -0.3 is 13.7 Å². The Morgan fingerprint density at radius 2 is 1.65 bits per heavy atom. The summed E-state index contributed by atoms with van der Waals surface area (Å²) in [5, 5.41) is 1.07. The minimum atomic E-state index is -2.10. The number of unbranched alkanes of at least 4 members (excludes halogenated alkanes) is 4. The second-order valence-corrected chi connectivity index (χ2v) is 12.8. The van der Waals surface area contributed by atoms with Crippen molar-refractivity contribution in [2.45, 2.75) is 111 Å². The van der Waals surface area contributed by atoms with Crippen molar-refractivity contribution in [3.63, 3.8) is 0 Å². The smallest absolute Gasteiger partial charge is 0.410 e. The largest absolute Gasteiger partial charge is 0.487 e. The van der Waals surface area contributed by atoms with Gasteiger partial charge in [0.2, 0.25) is 8.32 Å². The third-order valence-electron chi connectivity index (χ3n) is 5.13. The Morgan fingerprint density at radius 3 is 2.15 bits per heavy atom. The third-order valence-corrected chi connectivity index (χ3v) is 7.78. The molecule has 0 spiro atoms. The van der Waals surface area contributed by atoms with E-state index >= 15 is 0 Å². The molecule has 1 fully saturated rings. The molecule has 148 valence electrons. The lowest BCUT2D eigenvalue weighted by Gasteiger charge is -2.32. The van der Waals surface area contributed by atoms with Gasteiger partial charge >= 0.3 is 7.12 Å². The third kappa shape index (κ3) is 6.89. The van der Waals surface area contributed by atoms with Crippen LogP contribution in [0.3, 0.4) is 0 Å². The van der Waals surface area contributed by atoms with Crippen LogP contribution in [0.5, 0.6) is 0 Å². The minimum absolute atomic E-state index is 0.185. The van der Waals surface area contributed by atoms with Gasteiger partial charge in [-0.1, -0.05) is 38.0 Å². The summed E-state index contributed by atoms with van der Waals surface area (Å²) in [6, 6.07) is 0. The van der Waals surface area contributed by atoms with Crippen LogP contribution in [0.2, 0.25) is 13.1 Å². The molecule has 1 aliphatic rings. The van der Waals surface area contributed by atoms with Crippen molar-refractivity contribution in [3.8, 4) is 11.8 Å². The van der Waals surface area contributed by atoms with Crippen molar-refractivity contribution < 1.29 is 13.7 Å². The summed E-state index contributed by atoms with van der Waals surface area (Å²) in [6.07, 6.45) is 6.08. The molecule has 5 heteroatoms. The zero-order valence-electron chi connectivity index (χ0n) is 18.5. The van der Waals surface area contributed by atoms with Crippen LogP contribution in [0.4, 0.5) is 0 Å². The molecule has 1 heterocycles. The van der Waals surface area contributed by atoms with Crippen molar-refractivity contribution in [1.29, 1.82) is 0 Å². The van der Waals surface area contributed by atoms with E-state index in [0.29, 0.717) is 0 Å². The molecule has 0 atom stereocenters. The second-order valence-electron chi connectivity index (χ2n) is 8.99.